The molecule has 0 radical (unpaired) electrons. The molecule has 7 N–H and O–H groups in total. The molecule has 0 aromatic heterocycles. The highest BCUT2D eigenvalue weighted by Gasteiger charge is 2.27. The Labute approximate surface area is 190 Å². The minimum absolute atomic E-state index is 0.00145. The van der Waals surface area contributed by atoms with Crippen molar-refractivity contribution < 1.29 is 19.2 Å². The Hall–Kier alpha value is -2.94. The first kappa shape index (κ1) is 27.1. The van der Waals surface area contributed by atoms with Crippen LogP contribution < -0.4 is 27.4 Å². The van der Waals surface area contributed by atoms with Gasteiger partial charge in [0.25, 0.3) is 5.91 Å². The SMILES string of the molecule is CCCC[C@H](NC(=O)c1ccccc1)C(=O)N[C@@H](CCCCN)C(=O)N[C@H](C)CC(N)=O. The smallest absolute Gasteiger partial charge is 0.251 e. The average molecular weight is 448 g/mol. The van der Waals surface area contributed by atoms with E-state index in [1.54, 1.807) is 31.2 Å². The summed E-state index contributed by atoms with van der Waals surface area (Å²) in [5.74, 6) is -1.68. The molecule has 0 bridgehead atoms. The lowest BCUT2D eigenvalue weighted by Crippen LogP contribution is -2.54. The van der Waals surface area contributed by atoms with Crippen molar-refractivity contribution >= 4 is 23.6 Å². The van der Waals surface area contributed by atoms with Crippen molar-refractivity contribution in [1.82, 2.24) is 16.0 Å². The van der Waals surface area contributed by atoms with Crippen molar-refractivity contribution in [3.8, 4) is 0 Å². The lowest BCUT2D eigenvalue weighted by molar-refractivity contribution is -0.130. The third kappa shape index (κ3) is 10.4. The van der Waals surface area contributed by atoms with Gasteiger partial charge in [0.15, 0.2) is 0 Å². The van der Waals surface area contributed by atoms with Gasteiger partial charge in [-0.15, -0.1) is 0 Å². The van der Waals surface area contributed by atoms with Gasteiger partial charge >= 0.3 is 0 Å². The first-order valence-corrected chi connectivity index (χ1v) is 11.2. The van der Waals surface area contributed by atoms with Gasteiger partial charge in [-0.3, -0.25) is 19.2 Å². The van der Waals surface area contributed by atoms with Crippen LogP contribution in [0.15, 0.2) is 30.3 Å². The number of primary amides is 1. The average Bonchev–Trinajstić information content (AvgIpc) is 2.75. The van der Waals surface area contributed by atoms with Crippen molar-refractivity contribution in [1.29, 1.82) is 0 Å². The van der Waals surface area contributed by atoms with Gasteiger partial charge in [0, 0.05) is 18.0 Å². The second-order valence-electron chi connectivity index (χ2n) is 7.96. The van der Waals surface area contributed by atoms with Crippen LogP contribution >= 0.6 is 0 Å². The summed E-state index contributed by atoms with van der Waals surface area (Å²) in [6, 6.07) is 6.63. The van der Waals surface area contributed by atoms with Crippen molar-refractivity contribution in [3.63, 3.8) is 0 Å². The molecular weight excluding hydrogens is 410 g/mol. The maximum absolute atomic E-state index is 13.0. The van der Waals surface area contributed by atoms with E-state index >= 15 is 0 Å². The zero-order valence-electron chi connectivity index (χ0n) is 19.1. The summed E-state index contributed by atoms with van der Waals surface area (Å²) in [5, 5.41) is 8.28. The van der Waals surface area contributed by atoms with Crippen LogP contribution in [0.2, 0.25) is 0 Å². The zero-order chi connectivity index (χ0) is 23.9. The van der Waals surface area contributed by atoms with Crippen LogP contribution in [0.1, 0.15) is 69.2 Å². The van der Waals surface area contributed by atoms with Gasteiger partial charge in [0.05, 0.1) is 0 Å². The molecule has 0 aliphatic carbocycles. The lowest BCUT2D eigenvalue weighted by atomic mass is 10.0. The molecule has 32 heavy (non-hydrogen) atoms. The molecule has 0 fully saturated rings. The number of nitrogens with one attached hydrogen (secondary N) is 3. The van der Waals surface area contributed by atoms with Crippen LogP contribution in [0.25, 0.3) is 0 Å². The van der Waals surface area contributed by atoms with E-state index in [-0.39, 0.29) is 12.3 Å². The normalized spacial score (nSPS) is 13.5. The zero-order valence-corrected chi connectivity index (χ0v) is 19.1. The number of amides is 4. The van der Waals surface area contributed by atoms with E-state index < -0.39 is 35.8 Å². The highest BCUT2D eigenvalue weighted by molar-refractivity contribution is 5.98. The highest BCUT2D eigenvalue weighted by atomic mass is 16.2. The number of carbonyl (C=O) groups is 4. The fourth-order valence-electron chi connectivity index (χ4n) is 3.24. The van der Waals surface area contributed by atoms with Gasteiger partial charge in [-0.2, -0.15) is 0 Å². The lowest BCUT2D eigenvalue weighted by Gasteiger charge is -2.24. The van der Waals surface area contributed by atoms with Crippen molar-refractivity contribution in [2.75, 3.05) is 6.54 Å². The third-order valence-electron chi connectivity index (χ3n) is 4.98. The van der Waals surface area contributed by atoms with Crippen LogP contribution in [0.5, 0.6) is 0 Å². The fraction of sp³-hybridized carbons (Fsp3) is 0.565. The number of unbranched alkanes of at least 4 members (excludes halogenated alkanes) is 2. The molecule has 0 unspecified atom stereocenters. The van der Waals surface area contributed by atoms with E-state index in [4.69, 9.17) is 11.5 Å². The summed E-state index contributed by atoms with van der Waals surface area (Å²) >= 11 is 0. The summed E-state index contributed by atoms with van der Waals surface area (Å²) in [5.41, 5.74) is 11.2. The minimum atomic E-state index is -0.804. The molecule has 0 saturated carbocycles. The Morgan fingerprint density at radius 1 is 0.875 bits per heavy atom. The maximum atomic E-state index is 13.0. The molecule has 0 aliphatic rings. The molecule has 1 aromatic rings. The summed E-state index contributed by atoms with van der Waals surface area (Å²) in [4.78, 5) is 49.5. The number of hydrogen-bond acceptors (Lipinski definition) is 5. The number of hydrogen-bond donors (Lipinski definition) is 5. The first-order chi connectivity index (χ1) is 15.3. The van der Waals surface area contributed by atoms with Gasteiger partial charge < -0.3 is 27.4 Å². The Kier molecular flexibility index (Phi) is 12.7. The predicted molar refractivity (Wildman–Crippen MR) is 123 cm³/mol. The third-order valence-corrected chi connectivity index (χ3v) is 4.98. The standard InChI is InChI=1S/C23H37N5O4/c1-3-4-12-18(27-21(30)17-10-6-5-7-11-17)23(32)28-19(13-8-9-14-24)22(31)26-16(2)15-20(25)29/h5-7,10-11,16,18-19H,3-4,8-9,12-15,24H2,1-2H3,(H2,25,29)(H,26,31)(H,27,30)(H,28,32)/t16-,18+,19+/m1/s1. The minimum Gasteiger partial charge on any atom is -0.370 e. The van der Waals surface area contributed by atoms with Crippen LogP contribution in [0.4, 0.5) is 0 Å². The Morgan fingerprint density at radius 2 is 1.47 bits per heavy atom. The molecule has 1 rings (SSSR count). The number of rotatable bonds is 15. The second-order valence-corrected chi connectivity index (χ2v) is 7.96. The Balaban J connectivity index is 2.88. The van der Waals surface area contributed by atoms with Crippen LogP contribution in [0.3, 0.4) is 0 Å². The number of benzene rings is 1. The van der Waals surface area contributed by atoms with E-state index in [1.165, 1.54) is 0 Å². The topological polar surface area (TPSA) is 156 Å². The summed E-state index contributed by atoms with van der Waals surface area (Å²) in [7, 11) is 0. The quantitative estimate of drug-likeness (QED) is 0.253. The predicted octanol–water partition coefficient (Wildman–Crippen LogP) is 0.969. The molecule has 0 aliphatic heterocycles. The van der Waals surface area contributed by atoms with Gasteiger partial charge in [0.2, 0.25) is 17.7 Å². The van der Waals surface area contributed by atoms with Gasteiger partial charge in [-0.1, -0.05) is 38.0 Å². The molecule has 1 aromatic carbocycles. The van der Waals surface area contributed by atoms with Crippen LogP contribution in [-0.4, -0.2) is 48.3 Å². The Bertz CT molecular complexity index is 741. The summed E-state index contributed by atoms with van der Waals surface area (Å²) < 4.78 is 0. The molecule has 9 nitrogen and oxygen atoms in total. The number of nitrogens with two attached hydrogens (primary N) is 2. The molecule has 178 valence electrons. The molecule has 0 spiro atoms. The van der Waals surface area contributed by atoms with Gasteiger partial charge in [0.1, 0.15) is 12.1 Å². The van der Waals surface area contributed by atoms with Crippen molar-refractivity contribution in [3.05, 3.63) is 35.9 Å². The monoisotopic (exact) mass is 447 g/mol. The maximum Gasteiger partial charge on any atom is 0.251 e. The molecule has 9 heteroatoms. The summed E-state index contributed by atoms with van der Waals surface area (Å²) in [6.45, 7) is 4.15. The van der Waals surface area contributed by atoms with E-state index in [1.807, 2.05) is 13.0 Å². The van der Waals surface area contributed by atoms with Crippen LogP contribution in [0, 0.1) is 0 Å². The van der Waals surface area contributed by atoms with Crippen molar-refractivity contribution in [2.24, 2.45) is 11.5 Å². The van der Waals surface area contributed by atoms with E-state index in [0.717, 1.165) is 12.8 Å². The van der Waals surface area contributed by atoms with E-state index in [0.29, 0.717) is 37.8 Å². The molecule has 0 heterocycles. The number of carbonyl (C=O) groups excluding carboxylic acids is 4. The highest BCUT2D eigenvalue weighted by Crippen LogP contribution is 2.07. The Morgan fingerprint density at radius 3 is 2.06 bits per heavy atom. The second kappa shape index (κ2) is 15.0. The van der Waals surface area contributed by atoms with Crippen LogP contribution in [-0.2, 0) is 14.4 Å². The first-order valence-electron chi connectivity index (χ1n) is 11.2. The fourth-order valence-corrected chi connectivity index (χ4v) is 3.24. The largest absolute Gasteiger partial charge is 0.370 e. The van der Waals surface area contributed by atoms with E-state index in [2.05, 4.69) is 16.0 Å². The van der Waals surface area contributed by atoms with Gasteiger partial charge in [-0.05, 0) is 51.3 Å². The molecule has 0 saturated heterocycles. The molecule has 3 atom stereocenters. The van der Waals surface area contributed by atoms with Gasteiger partial charge in [-0.25, -0.2) is 0 Å². The van der Waals surface area contributed by atoms with E-state index in [9.17, 15) is 19.2 Å². The van der Waals surface area contributed by atoms with Crippen molar-refractivity contribution in [2.45, 2.75) is 76.9 Å². The molecule has 4 amide bonds. The molecular formula is C23H37N5O4. The summed E-state index contributed by atoms with van der Waals surface area (Å²) in [6.07, 6.45) is 3.81.